The molecule has 1 amide bonds. The molecule has 1 aliphatic heterocycles. The third-order valence-electron chi connectivity index (χ3n) is 5.41. The largest absolute Gasteiger partial charge is 0.326 e. The molecule has 28 heavy (non-hydrogen) atoms. The standard InChI is InChI=1S/C23H30N2O2S/c1-17(2)23(27)24-20-7-3-6-19(16-20)18-10-13-25(14-11-18)12-4-8-21(26)22-9-5-15-28-22/h3,5-7,9,15-18H,4,8,10-14H2,1-2H3,(H,24,27). The summed E-state index contributed by atoms with van der Waals surface area (Å²) in [6, 6.07) is 12.1. The van der Waals surface area contributed by atoms with Crippen LogP contribution in [0.4, 0.5) is 5.69 Å². The number of carbonyl (C=O) groups is 2. The Kier molecular flexibility index (Phi) is 7.40. The zero-order chi connectivity index (χ0) is 19.9. The van der Waals surface area contributed by atoms with Crippen LogP contribution in [0.5, 0.6) is 0 Å². The van der Waals surface area contributed by atoms with E-state index < -0.39 is 0 Å². The summed E-state index contributed by atoms with van der Waals surface area (Å²) >= 11 is 1.53. The quantitative estimate of drug-likeness (QED) is 0.623. The number of piperidine rings is 1. The molecule has 0 aliphatic carbocycles. The van der Waals surface area contributed by atoms with Gasteiger partial charge < -0.3 is 10.2 Å². The van der Waals surface area contributed by atoms with Crippen molar-refractivity contribution >= 4 is 28.7 Å². The van der Waals surface area contributed by atoms with Crippen LogP contribution in [0.2, 0.25) is 0 Å². The number of rotatable bonds is 8. The minimum absolute atomic E-state index is 0.0152. The summed E-state index contributed by atoms with van der Waals surface area (Å²) in [6.07, 6.45) is 3.82. The van der Waals surface area contributed by atoms with Gasteiger partial charge in [0, 0.05) is 18.0 Å². The molecular weight excluding hydrogens is 368 g/mol. The molecule has 0 saturated carbocycles. The first kappa shape index (κ1) is 20.7. The van der Waals surface area contributed by atoms with Gasteiger partial charge in [0.25, 0.3) is 0 Å². The van der Waals surface area contributed by atoms with Crippen molar-refractivity contribution in [3.8, 4) is 0 Å². The van der Waals surface area contributed by atoms with Gasteiger partial charge in [0.1, 0.15) is 0 Å². The van der Waals surface area contributed by atoms with Crippen LogP contribution in [0.1, 0.15) is 60.7 Å². The second kappa shape index (κ2) is 9.99. The molecule has 5 heteroatoms. The van der Waals surface area contributed by atoms with E-state index in [2.05, 4.69) is 22.3 Å². The molecule has 1 aromatic heterocycles. The minimum atomic E-state index is -0.0152. The molecule has 0 unspecified atom stereocenters. The van der Waals surface area contributed by atoms with Crippen molar-refractivity contribution in [2.75, 3.05) is 25.0 Å². The van der Waals surface area contributed by atoms with E-state index in [0.29, 0.717) is 12.3 Å². The van der Waals surface area contributed by atoms with Gasteiger partial charge in [-0.25, -0.2) is 0 Å². The molecule has 2 heterocycles. The van der Waals surface area contributed by atoms with Gasteiger partial charge in [-0.3, -0.25) is 9.59 Å². The number of nitrogens with one attached hydrogen (secondary N) is 1. The molecule has 1 aromatic carbocycles. The molecule has 1 saturated heterocycles. The number of hydrogen-bond acceptors (Lipinski definition) is 4. The highest BCUT2D eigenvalue weighted by molar-refractivity contribution is 7.12. The molecule has 150 valence electrons. The van der Waals surface area contributed by atoms with Gasteiger partial charge in [-0.15, -0.1) is 11.3 Å². The van der Waals surface area contributed by atoms with Gasteiger partial charge in [0.15, 0.2) is 5.78 Å². The lowest BCUT2D eigenvalue weighted by atomic mass is 9.89. The van der Waals surface area contributed by atoms with E-state index in [1.165, 1.54) is 16.9 Å². The smallest absolute Gasteiger partial charge is 0.226 e. The normalized spacial score (nSPS) is 15.7. The molecule has 0 radical (unpaired) electrons. The third kappa shape index (κ3) is 5.76. The Hall–Kier alpha value is -1.98. The summed E-state index contributed by atoms with van der Waals surface area (Å²) in [5.74, 6) is 0.854. The number of hydrogen-bond donors (Lipinski definition) is 1. The zero-order valence-electron chi connectivity index (χ0n) is 16.8. The summed E-state index contributed by atoms with van der Waals surface area (Å²) in [5, 5.41) is 4.96. The Labute approximate surface area is 172 Å². The monoisotopic (exact) mass is 398 g/mol. The predicted molar refractivity (Wildman–Crippen MR) is 116 cm³/mol. The maximum Gasteiger partial charge on any atom is 0.226 e. The van der Waals surface area contributed by atoms with E-state index in [9.17, 15) is 9.59 Å². The summed E-state index contributed by atoms with van der Waals surface area (Å²) < 4.78 is 0. The average molecular weight is 399 g/mol. The van der Waals surface area contributed by atoms with E-state index in [4.69, 9.17) is 0 Å². The molecule has 1 N–H and O–H groups in total. The van der Waals surface area contributed by atoms with E-state index in [0.717, 1.165) is 49.5 Å². The first-order chi connectivity index (χ1) is 13.5. The summed E-state index contributed by atoms with van der Waals surface area (Å²) in [5.41, 5.74) is 2.21. The molecule has 0 atom stereocenters. The fourth-order valence-electron chi connectivity index (χ4n) is 3.67. The van der Waals surface area contributed by atoms with Crippen LogP contribution in [0.15, 0.2) is 41.8 Å². The first-order valence-electron chi connectivity index (χ1n) is 10.2. The highest BCUT2D eigenvalue weighted by atomic mass is 32.1. The number of ketones is 1. The molecule has 2 aromatic rings. The number of thiophene rings is 1. The predicted octanol–water partition coefficient (Wildman–Crippen LogP) is 5.19. The number of Topliss-reactive ketones (excluding diaryl/α,β-unsaturated/α-hetero) is 1. The Morgan fingerprint density at radius 1 is 1.18 bits per heavy atom. The van der Waals surface area contributed by atoms with Crippen molar-refractivity contribution < 1.29 is 9.59 Å². The first-order valence-corrected chi connectivity index (χ1v) is 11.1. The highest BCUT2D eigenvalue weighted by Crippen LogP contribution is 2.29. The van der Waals surface area contributed by atoms with Crippen LogP contribution in [0.3, 0.4) is 0 Å². The number of carbonyl (C=O) groups excluding carboxylic acids is 2. The van der Waals surface area contributed by atoms with Crippen LogP contribution in [0, 0.1) is 5.92 Å². The van der Waals surface area contributed by atoms with Gasteiger partial charge in [0.2, 0.25) is 5.91 Å². The number of likely N-dealkylation sites (tertiary alicyclic amines) is 1. The molecule has 1 fully saturated rings. The lowest BCUT2D eigenvalue weighted by molar-refractivity contribution is -0.118. The van der Waals surface area contributed by atoms with Crippen LogP contribution in [-0.2, 0) is 4.79 Å². The maximum absolute atomic E-state index is 12.1. The second-order valence-corrected chi connectivity index (χ2v) is 8.84. The van der Waals surface area contributed by atoms with Crippen molar-refractivity contribution in [1.29, 1.82) is 0 Å². The Balaban J connectivity index is 1.43. The zero-order valence-corrected chi connectivity index (χ0v) is 17.6. The average Bonchev–Trinajstić information content (AvgIpc) is 3.23. The Morgan fingerprint density at radius 3 is 2.64 bits per heavy atom. The second-order valence-electron chi connectivity index (χ2n) is 7.89. The van der Waals surface area contributed by atoms with Gasteiger partial charge >= 0.3 is 0 Å². The molecule has 4 nitrogen and oxygen atoms in total. The van der Waals surface area contributed by atoms with Crippen LogP contribution < -0.4 is 5.32 Å². The van der Waals surface area contributed by atoms with Crippen molar-refractivity contribution in [2.45, 2.75) is 45.4 Å². The molecule has 0 spiro atoms. The summed E-state index contributed by atoms with van der Waals surface area (Å²) in [7, 11) is 0. The lowest BCUT2D eigenvalue weighted by Crippen LogP contribution is -2.33. The molecular formula is C23H30N2O2S. The maximum atomic E-state index is 12.1. The van der Waals surface area contributed by atoms with E-state index in [1.807, 2.05) is 43.5 Å². The fraction of sp³-hybridized carbons (Fsp3) is 0.478. The van der Waals surface area contributed by atoms with Gasteiger partial charge in [0.05, 0.1) is 4.88 Å². The lowest BCUT2D eigenvalue weighted by Gasteiger charge is -2.32. The fourth-order valence-corrected chi connectivity index (χ4v) is 4.36. The van der Waals surface area contributed by atoms with Gasteiger partial charge in [-0.2, -0.15) is 0 Å². The van der Waals surface area contributed by atoms with Crippen molar-refractivity contribution in [1.82, 2.24) is 4.90 Å². The third-order valence-corrected chi connectivity index (χ3v) is 6.32. The van der Waals surface area contributed by atoms with E-state index in [1.54, 1.807) is 0 Å². The number of anilines is 1. The molecule has 1 aliphatic rings. The molecule has 3 rings (SSSR count). The Bertz CT molecular complexity index is 778. The number of nitrogens with zero attached hydrogens (tertiary/aromatic N) is 1. The Morgan fingerprint density at radius 2 is 1.96 bits per heavy atom. The van der Waals surface area contributed by atoms with Crippen LogP contribution >= 0.6 is 11.3 Å². The van der Waals surface area contributed by atoms with Crippen molar-refractivity contribution in [2.24, 2.45) is 5.92 Å². The van der Waals surface area contributed by atoms with Crippen molar-refractivity contribution in [3.05, 3.63) is 52.2 Å². The minimum Gasteiger partial charge on any atom is -0.326 e. The number of benzene rings is 1. The van der Waals surface area contributed by atoms with Crippen LogP contribution in [-0.4, -0.2) is 36.2 Å². The number of amides is 1. The summed E-state index contributed by atoms with van der Waals surface area (Å²) in [6.45, 7) is 6.95. The van der Waals surface area contributed by atoms with Gasteiger partial charge in [-0.05, 0) is 74.0 Å². The van der Waals surface area contributed by atoms with E-state index in [-0.39, 0.29) is 17.6 Å². The molecule has 0 bridgehead atoms. The van der Waals surface area contributed by atoms with Gasteiger partial charge in [-0.1, -0.05) is 32.0 Å². The van der Waals surface area contributed by atoms with Crippen molar-refractivity contribution in [3.63, 3.8) is 0 Å². The summed E-state index contributed by atoms with van der Waals surface area (Å²) in [4.78, 5) is 27.4. The van der Waals surface area contributed by atoms with E-state index >= 15 is 0 Å². The SMILES string of the molecule is CC(C)C(=O)Nc1cccc(C2CCN(CCCC(=O)c3cccs3)CC2)c1. The van der Waals surface area contributed by atoms with Crippen LogP contribution in [0.25, 0.3) is 0 Å². The topological polar surface area (TPSA) is 49.4 Å². The highest BCUT2D eigenvalue weighted by Gasteiger charge is 2.21.